The van der Waals surface area contributed by atoms with Crippen LogP contribution in [0.1, 0.15) is 46.1 Å². The lowest BCUT2D eigenvalue weighted by Gasteiger charge is -2.21. The van der Waals surface area contributed by atoms with Gasteiger partial charge in [0.15, 0.2) is 5.96 Å². The monoisotopic (exact) mass is 445 g/mol. The summed E-state index contributed by atoms with van der Waals surface area (Å²) < 4.78 is 0. The van der Waals surface area contributed by atoms with Crippen molar-refractivity contribution in [3.63, 3.8) is 0 Å². The van der Waals surface area contributed by atoms with Crippen molar-refractivity contribution in [2.75, 3.05) is 24.5 Å². The van der Waals surface area contributed by atoms with E-state index in [9.17, 15) is 0 Å². The van der Waals surface area contributed by atoms with Crippen LogP contribution >= 0.6 is 24.0 Å². The molecule has 1 aliphatic heterocycles. The standard InChI is InChI=1S/C18H31N5.HI/c1-5-19-18(22-15(4)14(2)3)21-13-16-8-9-20-17(12-16)23-10-6-7-11-23;/h8-9,12,14-15H,5-7,10-11,13H2,1-4H3,(H2,19,21,22);1H. The SMILES string of the molecule is CCNC(=NCc1ccnc(N2CCCC2)c1)NC(C)C(C)C.I. The highest BCUT2D eigenvalue weighted by atomic mass is 127. The van der Waals surface area contributed by atoms with E-state index in [4.69, 9.17) is 4.99 Å². The predicted molar refractivity (Wildman–Crippen MR) is 113 cm³/mol. The van der Waals surface area contributed by atoms with Gasteiger partial charge in [-0.3, -0.25) is 0 Å². The summed E-state index contributed by atoms with van der Waals surface area (Å²) in [7, 11) is 0. The summed E-state index contributed by atoms with van der Waals surface area (Å²) in [5.74, 6) is 2.54. The van der Waals surface area contributed by atoms with Crippen molar-refractivity contribution in [3.05, 3.63) is 23.9 Å². The molecule has 24 heavy (non-hydrogen) atoms. The molecule has 2 heterocycles. The minimum Gasteiger partial charge on any atom is -0.357 e. The van der Waals surface area contributed by atoms with Crippen LogP contribution in [-0.2, 0) is 6.54 Å². The third-order valence-corrected chi connectivity index (χ3v) is 4.37. The Labute approximate surface area is 163 Å². The lowest BCUT2D eigenvalue weighted by molar-refractivity contribution is 0.481. The third-order valence-electron chi connectivity index (χ3n) is 4.37. The molecule has 1 fully saturated rings. The highest BCUT2D eigenvalue weighted by Crippen LogP contribution is 2.18. The van der Waals surface area contributed by atoms with Crippen molar-refractivity contribution in [3.8, 4) is 0 Å². The average Bonchev–Trinajstić information content (AvgIpc) is 3.07. The van der Waals surface area contributed by atoms with Crippen LogP contribution in [0.5, 0.6) is 0 Å². The van der Waals surface area contributed by atoms with Gasteiger partial charge in [-0.05, 0) is 50.3 Å². The van der Waals surface area contributed by atoms with Gasteiger partial charge in [-0.15, -0.1) is 24.0 Å². The second kappa shape index (κ2) is 10.7. The number of aromatic nitrogens is 1. The Bertz CT molecular complexity index is 512. The van der Waals surface area contributed by atoms with Gasteiger partial charge in [0.05, 0.1) is 6.54 Å². The molecule has 2 N–H and O–H groups in total. The van der Waals surface area contributed by atoms with Gasteiger partial charge >= 0.3 is 0 Å². The zero-order chi connectivity index (χ0) is 16.7. The largest absolute Gasteiger partial charge is 0.357 e. The second-order valence-corrected chi connectivity index (χ2v) is 6.59. The first-order chi connectivity index (χ1) is 11.1. The molecule has 0 saturated carbocycles. The lowest BCUT2D eigenvalue weighted by Crippen LogP contribution is -2.44. The first-order valence-electron chi connectivity index (χ1n) is 8.85. The maximum absolute atomic E-state index is 4.72. The van der Waals surface area contributed by atoms with Crippen LogP contribution < -0.4 is 15.5 Å². The van der Waals surface area contributed by atoms with Gasteiger partial charge in [-0.1, -0.05) is 13.8 Å². The van der Waals surface area contributed by atoms with Crippen molar-refractivity contribution in [1.29, 1.82) is 0 Å². The number of guanidine groups is 1. The van der Waals surface area contributed by atoms with Crippen LogP contribution in [0.2, 0.25) is 0 Å². The van der Waals surface area contributed by atoms with Crippen LogP contribution in [0.25, 0.3) is 0 Å². The summed E-state index contributed by atoms with van der Waals surface area (Å²) in [5.41, 5.74) is 1.20. The number of hydrogen-bond donors (Lipinski definition) is 2. The number of pyridine rings is 1. The van der Waals surface area contributed by atoms with E-state index in [0.717, 1.165) is 31.4 Å². The number of halogens is 1. The maximum Gasteiger partial charge on any atom is 0.191 e. The third kappa shape index (κ3) is 6.45. The number of rotatable bonds is 6. The molecule has 5 nitrogen and oxygen atoms in total. The molecule has 0 radical (unpaired) electrons. The van der Waals surface area contributed by atoms with Gasteiger partial charge in [0.2, 0.25) is 0 Å². The van der Waals surface area contributed by atoms with E-state index in [0.29, 0.717) is 18.5 Å². The van der Waals surface area contributed by atoms with Gasteiger partial charge in [-0.2, -0.15) is 0 Å². The zero-order valence-electron chi connectivity index (χ0n) is 15.4. The van der Waals surface area contributed by atoms with Gasteiger partial charge in [-0.25, -0.2) is 9.98 Å². The summed E-state index contributed by atoms with van der Waals surface area (Å²) in [6, 6.07) is 4.62. The van der Waals surface area contributed by atoms with Crippen molar-refractivity contribution in [2.45, 2.75) is 53.1 Å². The molecule has 0 amide bonds. The van der Waals surface area contributed by atoms with Crippen molar-refractivity contribution < 1.29 is 0 Å². The van der Waals surface area contributed by atoms with E-state index >= 15 is 0 Å². The van der Waals surface area contributed by atoms with Crippen LogP contribution in [0.4, 0.5) is 5.82 Å². The van der Waals surface area contributed by atoms with Gasteiger partial charge < -0.3 is 15.5 Å². The molecule has 2 rings (SSSR count). The van der Waals surface area contributed by atoms with Gasteiger partial charge in [0.1, 0.15) is 5.82 Å². The quantitative estimate of drug-likeness (QED) is 0.401. The minimum atomic E-state index is 0. The summed E-state index contributed by atoms with van der Waals surface area (Å²) in [6.07, 6.45) is 4.44. The molecule has 1 atom stereocenters. The summed E-state index contributed by atoms with van der Waals surface area (Å²) >= 11 is 0. The Kier molecular flexibility index (Phi) is 9.39. The predicted octanol–water partition coefficient (Wildman–Crippen LogP) is 3.40. The Hall–Kier alpha value is -1.05. The minimum absolute atomic E-state index is 0. The van der Waals surface area contributed by atoms with E-state index < -0.39 is 0 Å². The molecular weight excluding hydrogens is 413 g/mol. The molecule has 1 saturated heterocycles. The molecule has 0 aliphatic carbocycles. The molecule has 1 aromatic rings. The van der Waals surface area contributed by atoms with E-state index in [1.54, 1.807) is 0 Å². The number of aliphatic imine (C=N–C) groups is 1. The second-order valence-electron chi connectivity index (χ2n) is 6.59. The van der Waals surface area contributed by atoms with Crippen LogP contribution in [0, 0.1) is 5.92 Å². The normalized spacial score (nSPS) is 16.0. The average molecular weight is 445 g/mol. The van der Waals surface area contributed by atoms with Crippen LogP contribution in [0.15, 0.2) is 23.3 Å². The number of nitrogens with zero attached hydrogens (tertiary/aromatic N) is 3. The Morgan fingerprint density at radius 1 is 1.29 bits per heavy atom. The van der Waals surface area contributed by atoms with Crippen molar-refractivity contribution in [2.24, 2.45) is 10.9 Å². The highest BCUT2D eigenvalue weighted by Gasteiger charge is 2.13. The topological polar surface area (TPSA) is 52.6 Å². The van der Waals surface area contributed by atoms with Crippen molar-refractivity contribution >= 4 is 35.8 Å². The van der Waals surface area contributed by atoms with Crippen LogP contribution in [0.3, 0.4) is 0 Å². The number of hydrogen-bond acceptors (Lipinski definition) is 3. The smallest absolute Gasteiger partial charge is 0.191 e. The molecule has 6 heteroatoms. The van der Waals surface area contributed by atoms with E-state index in [2.05, 4.69) is 60.3 Å². The molecular formula is C18H32IN5. The van der Waals surface area contributed by atoms with Crippen LogP contribution in [-0.4, -0.2) is 36.6 Å². The first kappa shape index (κ1) is 21.0. The van der Waals surface area contributed by atoms with E-state index in [-0.39, 0.29) is 24.0 Å². The Balaban J connectivity index is 0.00000288. The molecule has 1 aliphatic rings. The molecule has 0 aromatic carbocycles. The van der Waals surface area contributed by atoms with E-state index in [1.807, 2.05) is 6.20 Å². The molecule has 0 spiro atoms. The fourth-order valence-electron chi connectivity index (χ4n) is 2.55. The summed E-state index contributed by atoms with van der Waals surface area (Å²) in [5, 5.41) is 6.79. The van der Waals surface area contributed by atoms with Gasteiger partial charge in [0, 0.05) is 31.9 Å². The first-order valence-corrected chi connectivity index (χ1v) is 8.85. The molecule has 136 valence electrons. The Morgan fingerprint density at radius 3 is 2.62 bits per heavy atom. The van der Waals surface area contributed by atoms with E-state index in [1.165, 1.54) is 18.4 Å². The van der Waals surface area contributed by atoms with Gasteiger partial charge in [0.25, 0.3) is 0 Å². The highest BCUT2D eigenvalue weighted by molar-refractivity contribution is 14.0. The molecule has 1 unspecified atom stereocenters. The van der Waals surface area contributed by atoms with Crippen molar-refractivity contribution in [1.82, 2.24) is 15.6 Å². The fraction of sp³-hybridized carbons (Fsp3) is 0.667. The number of anilines is 1. The lowest BCUT2D eigenvalue weighted by atomic mass is 10.1. The summed E-state index contributed by atoms with van der Waals surface area (Å²) in [6.45, 7) is 12.5. The molecule has 0 bridgehead atoms. The maximum atomic E-state index is 4.72. The Morgan fingerprint density at radius 2 is 2.00 bits per heavy atom. The summed E-state index contributed by atoms with van der Waals surface area (Å²) in [4.78, 5) is 11.6. The molecule has 1 aromatic heterocycles. The number of nitrogens with one attached hydrogen (secondary N) is 2. The fourth-order valence-corrected chi connectivity index (χ4v) is 2.55. The zero-order valence-corrected chi connectivity index (χ0v) is 17.7.